The number of aliphatic hydroxyl groups is 1. The monoisotopic (exact) mass is 561 g/mol. The molecule has 1 aliphatic heterocycles. The predicted molar refractivity (Wildman–Crippen MR) is 94.2 cm³/mol. The molecule has 1 saturated heterocycles. The second-order valence-corrected chi connectivity index (χ2v) is 10.6. The number of nitrogens with zero attached hydrogens (tertiary/aromatic N) is 3. The first-order valence-electron chi connectivity index (χ1n) is 8.42. The number of rotatable bonds is 9. The number of aliphatic hydroxyl groups excluding tert-OH is 1. The van der Waals surface area contributed by atoms with Gasteiger partial charge in [-0.1, -0.05) is 0 Å². The quantitative estimate of drug-likeness (QED) is 0.189. The maximum Gasteiger partial charge on any atom is 1.00 e. The number of nitrogen functional groups attached to an aromatic ring is 1. The zero-order valence-corrected chi connectivity index (χ0v) is 22.8. The molecule has 4 N–H and O–H groups in total. The number of fused-ring (bicyclic) bond motifs is 1. The number of hydrogen-bond acceptors (Lipinski definition) is 17. The summed E-state index contributed by atoms with van der Waals surface area (Å²) < 4.78 is 55.9. The average molecular weight is 561 g/mol. The van der Waals surface area contributed by atoms with Gasteiger partial charge in [-0.3, -0.25) is 27.8 Å². The van der Waals surface area contributed by atoms with Gasteiger partial charge in [-0.2, -0.15) is 4.98 Å². The van der Waals surface area contributed by atoms with Gasteiger partial charge in [0.15, 0.2) is 17.4 Å². The van der Waals surface area contributed by atoms with E-state index in [2.05, 4.69) is 28.1 Å². The van der Waals surface area contributed by atoms with E-state index < -0.39 is 60.2 Å². The molecule has 1 aliphatic rings. The van der Waals surface area contributed by atoms with Crippen LogP contribution in [0.5, 0.6) is 0 Å². The van der Waals surface area contributed by atoms with E-state index in [4.69, 9.17) is 15.2 Å². The van der Waals surface area contributed by atoms with Gasteiger partial charge in [0.05, 0.1) is 20.8 Å². The van der Waals surface area contributed by atoms with Gasteiger partial charge in [0.2, 0.25) is 5.95 Å². The third-order valence-electron chi connectivity index (χ3n) is 4.10. The average Bonchev–Trinajstić information content (AvgIpc) is 3.17. The first-order valence-corrected chi connectivity index (χ1v) is 12.8. The van der Waals surface area contributed by atoms with Gasteiger partial charge in [0.25, 0.3) is 21.2 Å². The molecule has 6 atom stereocenters. The summed E-state index contributed by atoms with van der Waals surface area (Å²) in [7, 11) is -17.0. The van der Waals surface area contributed by atoms with E-state index in [9.17, 15) is 43.2 Å². The van der Waals surface area contributed by atoms with Crippen molar-refractivity contribution in [3.8, 4) is 0 Å². The molecule has 1 fully saturated rings. The summed E-state index contributed by atoms with van der Waals surface area (Å²) in [5.74, 6) is -0.265. The van der Waals surface area contributed by atoms with Gasteiger partial charge in [0, 0.05) is 7.11 Å². The number of ether oxygens (including phenoxy) is 2. The molecule has 0 amide bonds. The minimum Gasteiger partial charge on any atom is -0.790 e. The maximum atomic E-state index is 11.9. The molecule has 0 radical (unpaired) electrons. The van der Waals surface area contributed by atoms with Gasteiger partial charge in [-0.25, -0.2) is 9.29 Å². The molecule has 26 heteroatoms. The fourth-order valence-corrected chi connectivity index (χ4v) is 5.82. The van der Waals surface area contributed by atoms with Crippen LogP contribution in [-0.4, -0.2) is 56.7 Å². The van der Waals surface area contributed by atoms with Gasteiger partial charge in [0.1, 0.15) is 18.3 Å². The van der Waals surface area contributed by atoms with E-state index in [0.717, 1.165) is 18.0 Å². The molecule has 37 heavy (non-hydrogen) atoms. The number of imidazole rings is 1. The summed E-state index contributed by atoms with van der Waals surface area (Å²) in [6.45, 7) is -0.998. The summed E-state index contributed by atoms with van der Waals surface area (Å²) in [6, 6.07) is 0. The van der Waals surface area contributed by atoms with Crippen LogP contribution >= 0.6 is 23.5 Å². The van der Waals surface area contributed by atoms with Crippen LogP contribution in [-0.2, 0) is 36.3 Å². The molecule has 3 heterocycles. The van der Waals surface area contributed by atoms with E-state index >= 15 is 0 Å². The molecule has 186 valence electrons. The second-order valence-electron chi connectivity index (χ2n) is 6.33. The molecule has 0 aliphatic carbocycles. The number of nitrogens with one attached hydrogen (secondary N) is 1. The van der Waals surface area contributed by atoms with Crippen molar-refractivity contribution in [3.63, 3.8) is 0 Å². The number of aromatic nitrogens is 4. The number of aromatic amines is 1. The summed E-state index contributed by atoms with van der Waals surface area (Å²) in [4.78, 5) is 65.5. The van der Waals surface area contributed by atoms with Crippen LogP contribution in [0.15, 0.2) is 11.1 Å². The van der Waals surface area contributed by atoms with E-state index in [1.165, 1.54) is 0 Å². The fourth-order valence-electron chi connectivity index (χ4n) is 2.95. The number of phosphoric acid groups is 3. The standard InChI is InChI=1S/C11H18N5O14P3.4Li/c1-26-7-4(2-27-32(22,23)30-33(24,25)29-31(19,20)21)28-10(6(7)17)16-3-13-5-8(16)14-11(12)15-9(5)18;;;;/h3-4,6-7,10,17H,2H2,1H3,(H,22,23)(H,24,25)(H2,19,20,21)(H3,12,14,15,18);;;;/q;4*+1/p-4/t4-,6+,7?,10-;;;;/m1..../s1. The van der Waals surface area contributed by atoms with Crippen molar-refractivity contribution in [3.05, 3.63) is 16.7 Å². The second kappa shape index (κ2) is 15.2. The van der Waals surface area contributed by atoms with E-state index in [0.29, 0.717) is 0 Å². The van der Waals surface area contributed by atoms with Crippen molar-refractivity contribution < 1.29 is 136 Å². The van der Waals surface area contributed by atoms with Crippen molar-refractivity contribution in [2.45, 2.75) is 24.5 Å². The zero-order valence-electron chi connectivity index (χ0n) is 20.1. The van der Waals surface area contributed by atoms with Gasteiger partial charge >= 0.3 is 75.4 Å². The Kier molecular flexibility index (Phi) is 16.4. The molecular weight excluding hydrogens is 547 g/mol. The smallest absolute Gasteiger partial charge is 0.790 e. The van der Waals surface area contributed by atoms with Crippen LogP contribution in [0.1, 0.15) is 6.23 Å². The molecular formula is C11H14Li4N5O14P3. The van der Waals surface area contributed by atoms with Crippen LogP contribution in [0.25, 0.3) is 11.2 Å². The number of H-pyrrole nitrogens is 1. The molecule has 0 aromatic carbocycles. The molecule has 0 bridgehead atoms. The van der Waals surface area contributed by atoms with Crippen molar-refractivity contribution >= 4 is 40.6 Å². The molecule has 3 unspecified atom stereocenters. The minimum absolute atomic E-state index is 0. The van der Waals surface area contributed by atoms with Crippen molar-refractivity contribution in [1.29, 1.82) is 0 Å². The number of nitrogens with two attached hydrogens (primary N) is 1. The normalized spacial score (nSPS) is 24.5. The predicted octanol–water partition coefficient (Wildman–Crippen LogP) is -16.2. The number of anilines is 1. The van der Waals surface area contributed by atoms with Gasteiger partial charge in [-0.15, -0.1) is 0 Å². The summed E-state index contributed by atoms with van der Waals surface area (Å²) in [6.07, 6.45) is -4.39. The summed E-state index contributed by atoms with van der Waals surface area (Å²) >= 11 is 0. The topological polar surface area (TPSA) is 299 Å². The van der Waals surface area contributed by atoms with Crippen LogP contribution in [0, 0.1) is 0 Å². The Hall–Kier alpha value is 0.830. The number of phosphoric ester groups is 1. The Morgan fingerprint density at radius 2 is 1.73 bits per heavy atom. The Morgan fingerprint density at radius 3 is 2.27 bits per heavy atom. The molecule has 19 nitrogen and oxygen atoms in total. The first kappa shape index (κ1) is 40.0. The molecule has 0 spiro atoms. The van der Waals surface area contributed by atoms with Gasteiger partial charge in [-0.05, 0) is 0 Å². The van der Waals surface area contributed by atoms with Crippen molar-refractivity contribution in [1.82, 2.24) is 19.5 Å². The SMILES string of the molecule is COC1[C@@H](COP(=O)([O-])OP(=O)([O-])OP(=O)([O-])[O-])O[C@@H](n2cnc3c(=O)[nH]c(N)nc32)[C@H]1O.[Li+].[Li+].[Li+].[Li+]. The summed E-state index contributed by atoms with van der Waals surface area (Å²) in [5, 5.41) is 10.5. The zero-order chi connectivity index (χ0) is 24.8. The van der Waals surface area contributed by atoms with Crippen LogP contribution in [0.2, 0.25) is 0 Å². The van der Waals surface area contributed by atoms with Crippen LogP contribution in [0.3, 0.4) is 0 Å². The molecule has 0 saturated carbocycles. The number of hydrogen-bond donors (Lipinski definition) is 3. The summed E-state index contributed by atoms with van der Waals surface area (Å²) in [5.41, 5.74) is 4.59. The van der Waals surface area contributed by atoms with Crippen molar-refractivity contribution in [2.75, 3.05) is 19.5 Å². The van der Waals surface area contributed by atoms with E-state index in [1.807, 2.05) is 0 Å². The van der Waals surface area contributed by atoms with E-state index in [-0.39, 0.29) is 92.6 Å². The molecule has 2 aromatic rings. The molecule has 2 aromatic heterocycles. The Bertz CT molecular complexity index is 1240. The Balaban J connectivity index is 0. The largest absolute Gasteiger partial charge is 1.00 e. The fraction of sp³-hybridized carbons (Fsp3) is 0.545. The van der Waals surface area contributed by atoms with Crippen molar-refractivity contribution in [2.24, 2.45) is 0 Å². The Labute approximate surface area is 255 Å². The van der Waals surface area contributed by atoms with Gasteiger partial charge < -0.3 is 49.0 Å². The van der Waals surface area contributed by atoms with Crippen LogP contribution < -0.4 is 106 Å². The number of methoxy groups -OCH3 is 1. The van der Waals surface area contributed by atoms with Crippen LogP contribution in [0.4, 0.5) is 5.95 Å². The third-order valence-corrected chi connectivity index (χ3v) is 7.77. The molecule has 3 rings (SSSR count). The maximum absolute atomic E-state index is 11.9. The first-order chi connectivity index (χ1) is 15.1. The van der Waals surface area contributed by atoms with E-state index in [1.54, 1.807) is 0 Å². The third kappa shape index (κ3) is 10.3. The Morgan fingerprint density at radius 1 is 1.14 bits per heavy atom. The minimum atomic E-state index is -6.14.